The zero-order valence-electron chi connectivity index (χ0n) is 22.3. The monoisotopic (exact) mass is 518 g/mol. The summed E-state index contributed by atoms with van der Waals surface area (Å²) in [6.45, 7) is 4.01. The van der Waals surface area contributed by atoms with Gasteiger partial charge in [-0.25, -0.2) is 9.97 Å². The lowest BCUT2D eigenvalue weighted by atomic mass is 9.97. The third-order valence-corrected chi connectivity index (χ3v) is 7.37. The zero-order valence-corrected chi connectivity index (χ0v) is 22.3. The number of nitrogens with zero attached hydrogens (tertiary/aromatic N) is 6. The van der Waals surface area contributed by atoms with Crippen molar-refractivity contribution in [2.45, 2.75) is 39.5 Å². The minimum atomic E-state index is 0.0843. The molecule has 1 aliphatic carbocycles. The van der Waals surface area contributed by atoms with Gasteiger partial charge in [0.05, 0.1) is 47.5 Å². The van der Waals surface area contributed by atoms with Crippen molar-refractivity contribution in [1.29, 1.82) is 0 Å². The molecular weight excluding hydrogens is 488 g/mol. The van der Waals surface area contributed by atoms with Crippen LogP contribution in [0.25, 0.3) is 27.8 Å². The first-order valence-corrected chi connectivity index (χ1v) is 13.2. The smallest absolute Gasteiger partial charge is 0.227 e. The Kier molecular flexibility index (Phi) is 6.48. The summed E-state index contributed by atoms with van der Waals surface area (Å²) < 4.78 is 1.93. The van der Waals surface area contributed by atoms with Crippen molar-refractivity contribution in [3.05, 3.63) is 84.2 Å². The second-order valence-corrected chi connectivity index (χ2v) is 10.1. The molecule has 1 amide bonds. The van der Waals surface area contributed by atoms with Gasteiger partial charge in [0.2, 0.25) is 5.91 Å². The van der Waals surface area contributed by atoms with Gasteiger partial charge in [-0.05, 0) is 49.9 Å². The number of H-pyrrole nitrogens is 1. The second kappa shape index (κ2) is 10.2. The Hall–Kier alpha value is -4.66. The number of hydrogen-bond acceptors (Lipinski definition) is 6. The van der Waals surface area contributed by atoms with Crippen LogP contribution in [0, 0.1) is 19.8 Å². The van der Waals surface area contributed by atoms with Crippen molar-refractivity contribution in [2.24, 2.45) is 10.9 Å². The molecule has 4 heterocycles. The van der Waals surface area contributed by atoms with Gasteiger partial charge in [0, 0.05) is 36.5 Å². The molecule has 1 aliphatic rings. The molecule has 0 unspecified atom stereocenters. The fraction of sp³-hybridized carbons (Fsp3) is 0.267. The number of aromatic amines is 1. The minimum absolute atomic E-state index is 0.0843. The standard InChI is InChI=1S/C30H30N8O/c1-18-8-9-21(22-10-23(13-32-12-22)35-30(39)20-6-4-5-7-20)11-24(18)27(31-3)29-36-25-14-33-15-26(28(25)37-29)38-16-19(2)34-17-38/h8-17,20H,4-7H2,1-3H3,(H,35,39)(H,36,37). The van der Waals surface area contributed by atoms with Crippen LogP contribution in [0.2, 0.25) is 0 Å². The summed E-state index contributed by atoms with van der Waals surface area (Å²) in [5.74, 6) is 0.843. The quantitative estimate of drug-likeness (QED) is 0.292. The number of fused-ring (bicyclic) bond motifs is 1. The average Bonchev–Trinajstić information content (AvgIpc) is 3.71. The Morgan fingerprint density at radius 1 is 1.05 bits per heavy atom. The van der Waals surface area contributed by atoms with Crippen molar-refractivity contribution >= 4 is 28.3 Å². The highest BCUT2D eigenvalue weighted by molar-refractivity contribution is 6.13. The highest BCUT2D eigenvalue weighted by Gasteiger charge is 2.23. The lowest BCUT2D eigenvalue weighted by Gasteiger charge is -2.13. The molecule has 0 atom stereocenters. The maximum Gasteiger partial charge on any atom is 0.227 e. The van der Waals surface area contributed by atoms with Gasteiger partial charge in [0.1, 0.15) is 11.2 Å². The van der Waals surface area contributed by atoms with Crippen LogP contribution in [0.1, 0.15) is 48.3 Å². The Balaban J connectivity index is 1.34. The lowest BCUT2D eigenvalue weighted by Crippen LogP contribution is -2.20. The van der Waals surface area contributed by atoms with E-state index in [0.717, 1.165) is 76.1 Å². The van der Waals surface area contributed by atoms with E-state index >= 15 is 0 Å². The zero-order chi connectivity index (χ0) is 26.9. The summed E-state index contributed by atoms with van der Waals surface area (Å²) in [5, 5.41) is 3.06. The molecule has 5 aromatic rings. The first kappa shape index (κ1) is 24.7. The largest absolute Gasteiger partial charge is 0.335 e. The summed E-state index contributed by atoms with van der Waals surface area (Å²) in [5.41, 5.74) is 8.77. The van der Waals surface area contributed by atoms with Gasteiger partial charge in [0.25, 0.3) is 0 Å². The number of aliphatic imine (C=N–C) groups is 1. The maximum absolute atomic E-state index is 12.7. The summed E-state index contributed by atoms with van der Waals surface area (Å²) >= 11 is 0. The van der Waals surface area contributed by atoms with Crippen molar-refractivity contribution in [3.8, 4) is 16.8 Å². The molecule has 0 spiro atoms. The molecule has 9 heteroatoms. The van der Waals surface area contributed by atoms with Gasteiger partial charge >= 0.3 is 0 Å². The Morgan fingerprint density at radius 2 is 1.87 bits per heavy atom. The summed E-state index contributed by atoms with van der Waals surface area (Å²) in [6.07, 6.45) is 14.9. The van der Waals surface area contributed by atoms with Gasteiger partial charge < -0.3 is 14.9 Å². The van der Waals surface area contributed by atoms with Crippen LogP contribution in [0.5, 0.6) is 0 Å². The van der Waals surface area contributed by atoms with Crippen LogP contribution in [0.4, 0.5) is 5.69 Å². The lowest BCUT2D eigenvalue weighted by molar-refractivity contribution is -0.119. The van der Waals surface area contributed by atoms with Crippen molar-refractivity contribution in [1.82, 2.24) is 29.5 Å². The van der Waals surface area contributed by atoms with E-state index in [4.69, 9.17) is 4.98 Å². The van der Waals surface area contributed by atoms with Crippen molar-refractivity contribution in [2.75, 3.05) is 12.4 Å². The highest BCUT2D eigenvalue weighted by atomic mass is 16.1. The number of amides is 1. The van der Waals surface area contributed by atoms with Crippen LogP contribution in [-0.2, 0) is 4.79 Å². The van der Waals surface area contributed by atoms with E-state index in [9.17, 15) is 4.79 Å². The normalized spacial score (nSPS) is 14.3. The fourth-order valence-corrected chi connectivity index (χ4v) is 5.28. The minimum Gasteiger partial charge on any atom is -0.335 e. The summed E-state index contributed by atoms with van der Waals surface area (Å²) in [7, 11) is 1.77. The predicted octanol–water partition coefficient (Wildman–Crippen LogP) is 5.42. The number of imidazole rings is 2. The molecule has 6 rings (SSSR count). The SMILES string of the molecule is CN=C(c1nc2c(-n3cnc(C)c3)cncc2[nH]1)c1cc(-c2cncc(NC(=O)C3CCCC3)c2)ccc1C. The summed E-state index contributed by atoms with van der Waals surface area (Å²) in [4.78, 5) is 38.8. The number of aryl methyl sites for hydroxylation is 2. The Labute approximate surface area is 226 Å². The van der Waals surface area contributed by atoms with E-state index in [0.29, 0.717) is 11.5 Å². The second-order valence-electron chi connectivity index (χ2n) is 10.1. The molecule has 1 saturated carbocycles. The third-order valence-electron chi connectivity index (χ3n) is 7.37. The van der Waals surface area contributed by atoms with Crippen molar-refractivity contribution in [3.63, 3.8) is 0 Å². The molecule has 0 saturated heterocycles. The Morgan fingerprint density at radius 3 is 2.64 bits per heavy atom. The van der Waals surface area contributed by atoms with Gasteiger partial charge in [-0.3, -0.25) is 19.8 Å². The Bertz CT molecular complexity index is 1710. The molecule has 0 aliphatic heterocycles. The van der Waals surface area contributed by atoms with Gasteiger partial charge in [-0.15, -0.1) is 0 Å². The molecule has 1 aromatic carbocycles. The van der Waals surface area contributed by atoms with Gasteiger partial charge in [0.15, 0.2) is 5.82 Å². The number of anilines is 1. The number of nitrogens with one attached hydrogen (secondary N) is 2. The molecule has 0 radical (unpaired) electrons. The van der Waals surface area contributed by atoms with E-state index in [1.165, 1.54) is 0 Å². The average molecular weight is 519 g/mol. The first-order chi connectivity index (χ1) is 19.0. The molecule has 0 bridgehead atoms. The number of aromatic nitrogens is 6. The number of hydrogen-bond donors (Lipinski definition) is 2. The molecule has 9 nitrogen and oxygen atoms in total. The van der Waals surface area contributed by atoms with E-state index < -0.39 is 0 Å². The van der Waals surface area contributed by atoms with E-state index in [1.54, 1.807) is 32.0 Å². The van der Waals surface area contributed by atoms with Crippen LogP contribution in [0.15, 0.2) is 66.6 Å². The van der Waals surface area contributed by atoms with Gasteiger partial charge in [-0.2, -0.15) is 0 Å². The molecule has 2 N–H and O–H groups in total. The molecular formula is C30H30N8O. The van der Waals surface area contributed by atoms with Crippen LogP contribution >= 0.6 is 0 Å². The van der Waals surface area contributed by atoms with E-state index in [2.05, 4.69) is 55.4 Å². The number of pyridine rings is 2. The number of benzene rings is 1. The highest BCUT2D eigenvalue weighted by Crippen LogP contribution is 2.29. The van der Waals surface area contributed by atoms with E-state index in [1.807, 2.05) is 30.0 Å². The van der Waals surface area contributed by atoms with Gasteiger partial charge in [-0.1, -0.05) is 25.0 Å². The predicted molar refractivity (Wildman–Crippen MR) is 152 cm³/mol. The first-order valence-electron chi connectivity index (χ1n) is 13.2. The topological polar surface area (TPSA) is 114 Å². The van der Waals surface area contributed by atoms with Crippen LogP contribution in [-0.4, -0.2) is 48.2 Å². The van der Waals surface area contributed by atoms with Crippen molar-refractivity contribution < 1.29 is 4.79 Å². The number of carbonyl (C=O) groups excluding carboxylic acids is 1. The number of carbonyl (C=O) groups is 1. The summed E-state index contributed by atoms with van der Waals surface area (Å²) in [6, 6.07) is 8.21. The fourth-order valence-electron chi connectivity index (χ4n) is 5.28. The van der Waals surface area contributed by atoms with Crippen LogP contribution in [0.3, 0.4) is 0 Å². The molecule has 39 heavy (non-hydrogen) atoms. The molecule has 196 valence electrons. The molecule has 1 fully saturated rings. The third kappa shape index (κ3) is 4.83. The van der Waals surface area contributed by atoms with Crippen LogP contribution < -0.4 is 5.32 Å². The molecule has 4 aromatic heterocycles. The number of rotatable bonds is 6. The van der Waals surface area contributed by atoms with E-state index in [-0.39, 0.29) is 11.8 Å². The maximum atomic E-state index is 12.7.